The Morgan fingerprint density at radius 3 is 2.90 bits per heavy atom. The van der Waals surface area contributed by atoms with E-state index in [0.29, 0.717) is 19.5 Å². The molecule has 2 aromatic rings. The van der Waals surface area contributed by atoms with Crippen LogP contribution in [0.25, 0.3) is 0 Å². The lowest BCUT2D eigenvalue weighted by atomic mass is 10.2. The number of hydrogen-bond donors (Lipinski definition) is 2. The first-order chi connectivity index (χ1) is 9.65. The van der Waals surface area contributed by atoms with Gasteiger partial charge in [-0.05, 0) is 25.5 Å². The maximum absolute atomic E-state index is 11.7. The lowest BCUT2D eigenvalue weighted by Gasteiger charge is -2.09. The van der Waals surface area contributed by atoms with Gasteiger partial charge in [0.2, 0.25) is 5.91 Å². The Morgan fingerprint density at radius 1 is 1.35 bits per heavy atom. The molecule has 6 heteroatoms. The topological polar surface area (TPSA) is 66.9 Å². The van der Waals surface area contributed by atoms with Crippen molar-refractivity contribution in [3.8, 4) is 0 Å². The zero-order chi connectivity index (χ0) is 14.4. The highest BCUT2D eigenvalue weighted by Gasteiger charge is 2.05. The molecule has 0 atom stereocenters. The van der Waals surface area contributed by atoms with E-state index in [2.05, 4.69) is 20.6 Å². The predicted octanol–water partition coefficient (Wildman–Crippen LogP) is 1.93. The Labute approximate surface area is 122 Å². The molecule has 2 aromatic heterocycles. The molecular formula is C14H18N4OS. The van der Waals surface area contributed by atoms with Gasteiger partial charge in [-0.15, -0.1) is 11.3 Å². The van der Waals surface area contributed by atoms with Crippen molar-refractivity contribution in [2.45, 2.75) is 20.3 Å². The van der Waals surface area contributed by atoms with E-state index in [-0.39, 0.29) is 5.91 Å². The van der Waals surface area contributed by atoms with Gasteiger partial charge in [0.1, 0.15) is 0 Å². The molecule has 0 fully saturated rings. The fourth-order valence-electron chi connectivity index (χ4n) is 1.79. The molecule has 2 N–H and O–H groups in total. The molecule has 1 amide bonds. The normalized spacial score (nSPS) is 10.3. The number of rotatable bonds is 6. The second kappa shape index (κ2) is 7.00. The van der Waals surface area contributed by atoms with E-state index >= 15 is 0 Å². The highest BCUT2D eigenvalue weighted by Crippen LogP contribution is 2.10. The first-order valence-corrected chi connectivity index (χ1v) is 7.35. The van der Waals surface area contributed by atoms with Crippen molar-refractivity contribution in [3.05, 3.63) is 40.1 Å². The minimum atomic E-state index is 0.00329. The number of aryl methyl sites for hydroxylation is 2. The average Bonchev–Trinajstić information content (AvgIpc) is 2.82. The lowest BCUT2D eigenvalue weighted by molar-refractivity contribution is -0.120. The first kappa shape index (κ1) is 14.5. The smallest absolute Gasteiger partial charge is 0.226 e. The molecule has 0 aliphatic heterocycles. The maximum atomic E-state index is 11.7. The third-order valence-corrected chi connectivity index (χ3v) is 3.61. The van der Waals surface area contributed by atoms with Gasteiger partial charge in [-0.3, -0.25) is 9.78 Å². The molecule has 5 nitrogen and oxygen atoms in total. The second-order valence-electron chi connectivity index (χ2n) is 4.50. The number of hydrogen-bond acceptors (Lipinski definition) is 5. The second-order valence-corrected chi connectivity index (χ2v) is 5.56. The van der Waals surface area contributed by atoms with Gasteiger partial charge in [0.25, 0.3) is 0 Å². The molecule has 0 aromatic carbocycles. The SMILES string of the molecule is Cc1nc(CC(=O)NCCNc2ccncc2C)cs1. The van der Waals surface area contributed by atoms with Gasteiger partial charge in [-0.1, -0.05) is 0 Å². The Bertz CT molecular complexity index is 582. The summed E-state index contributed by atoms with van der Waals surface area (Å²) in [4.78, 5) is 20.0. The number of carbonyl (C=O) groups is 1. The van der Waals surface area contributed by atoms with Gasteiger partial charge in [0.15, 0.2) is 0 Å². The van der Waals surface area contributed by atoms with Crippen molar-refractivity contribution >= 4 is 22.9 Å². The molecule has 0 spiro atoms. The van der Waals surface area contributed by atoms with Crippen LogP contribution in [0, 0.1) is 13.8 Å². The maximum Gasteiger partial charge on any atom is 0.226 e. The number of aromatic nitrogens is 2. The number of nitrogens with zero attached hydrogens (tertiary/aromatic N) is 2. The molecule has 20 heavy (non-hydrogen) atoms. The zero-order valence-electron chi connectivity index (χ0n) is 11.6. The van der Waals surface area contributed by atoms with Crippen molar-refractivity contribution in [3.63, 3.8) is 0 Å². The Balaban J connectivity index is 1.68. The van der Waals surface area contributed by atoms with Crippen LogP contribution in [0.2, 0.25) is 0 Å². The van der Waals surface area contributed by atoms with Crippen molar-refractivity contribution in [1.82, 2.24) is 15.3 Å². The third kappa shape index (κ3) is 4.31. The van der Waals surface area contributed by atoms with Crippen LogP contribution in [0.1, 0.15) is 16.3 Å². The number of anilines is 1. The van der Waals surface area contributed by atoms with Crippen LogP contribution in [-0.2, 0) is 11.2 Å². The molecule has 0 radical (unpaired) electrons. The zero-order valence-corrected chi connectivity index (χ0v) is 12.5. The fraction of sp³-hybridized carbons (Fsp3) is 0.357. The lowest BCUT2D eigenvalue weighted by Crippen LogP contribution is -2.30. The van der Waals surface area contributed by atoms with E-state index in [1.165, 1.54) is 0 Å². The van der Waals surface area contributed by atoms with Crippen LogP contribution >= 0.6 is 11.3 Å². The number of pyridine rings is 1. The van der Waals surface area contributed by atoms with Crippen LogP contribution in [0.15, 0.2) is 23.8 Å². The average molecular weight is 290 g/mol. The summed E-state index contributed by atoms with van der Waals surface area (Å²) in [6.45, 7) is 5.21. The van der Waals surface area contributed by atoms with E-state index < -0.39 is 0 Å². The highest BCUT2D eigenvalue weighted by molar-refractivity contribution is 7.09. The molecule has 0 unspecified atom stereocenters. The van der Waals surface area contributed by atoms with Crippen molar-refractivity contribution in [2.75, 3.05) is 18.4 Å². The van der Waals surface area contributed by atoms with Gasteiger partial charge in [-0.25, -0.2) is 4.98 Å². The minimum Gasteiger partial charge on any atom is -0.383 e. The molecule has 0 saturated heterocycles. The largest absolute Gasteiger partial charge is 0.383 e. The molecule has 106 valence electrons. The van der Waals surface area contributed by atoms with Crippen LogP contribution in [0.4, 0.5) is 5.69 Å². The van der Waals surface area contributed by atoms with Crippen LogP contribution in [-0.4, -0.2) is 29.0 Å². The van der Waals surface area contributed by atoms with Gasteiger partial charge >= 0.3 is 0 Å². The Hall–Kier alpha value is -1.95. The number of amides is 1. The van der Waals surface area contributed by atoms with Gasteiger partial charge < -0.3 is 10.6 Å². The minimum absolute atomic E-state index is 0.00329. The monoisotopic (exact) mass is 290 g/mol. The Kier molecular flexibility index (Phi) is 5.06. The standard InChI is InChI=1S/C14H18N4OS/c1-10-8-15-4-3-13(10)16-5-6-17-14(19)7-12-9-20-11(2)18-12/h3-4,8-9H,5-7H2,1-2H3,(H,15,16)(H,17,19). The van der Waals surface area contributed by atoms with E-state index in [1.807, 2.05) is 31.5 Å². The molecule has 0 bridgehead atoms. The third-order valence-electron chi connectivity index (χ3n) is 2.79. The van der Waals surface area contributed by atoms with Crippen molar-refractivity contribution < 1.29 is 4.79 Å². The fourth-order valence-corrected chi connectivity index (χ4v) is 2.40. The van der Waals surface area contributed by atoms with Crippen LogP contribution in [0.3, 0.4) is 0 Å². The number of thiazole rings is 1. The van der Waals surface area contributed by atoms with Crippen LogP contribution in [0.5, 0.6) is 0 Å². The predicted molar refractivity (Wildman–Crippen MR) is 81.0 cm³/mol. The molecule has 2 heterocycles. The van der Waals surface area contributed by atoms with Crippen molar-refractivity contribution in [1.29, 1.82) is 0 Å². The summed E-state index contributed by atoms with van der Waals surface area (Å²) in [5, 5.41) is 9.06. The van der Waals surface area contributed by atoms with Gasteiger partial charge in [-0.2, -0.15) is 0 Å². The number of carbonyl (C=O) groups excluding carboxylic acids is 1. The first-order valence-electron chi connectivity index (χ1n) is 6.47. The summed E-state index contributed by atoms with van der Waals surface area (Å²) in [7, 11) is 0. The molecular weight excluding hydrogens is 272 g/mol. The summed E-state index contributed by atoms with van der Waals surface area (Å²) < 4.78 is 0. The molecule has 0 saturated carbocycles. The molecule has 0 aliphatic carbocycles. The summed E-state index contributed by atoms with van der Waals surface area (Å²) in [6, 6.07) is 1.93. The molecule has 0 aliphatic rings. The van der Waals surface area contributed by atoms with E-state index in [1.54, 1.807) is 17.5 Å². The van der Waals surface area contributed by atoms with E-state index in [0.717, 1.165) is 22.0 Å². The van der Waals surface area contributed by atoms with E-state index in [4.69, 9.17) is 0 Å². The summed E-state index contributed by atoms with van der Waals surface area (Å²) in [5.41, 5.74) is 2.98. The molecule has 2 rings (SSSR count). The summed E-state index contributed by atoms with van der Waals surface area (Å²) in [5.74, 6) is 0.00329. The van der Waals surface area contributed by atoms with Crippen molar-refractivity contribution in [2.24, 2.45) is 0 Å². The van der Waals surface area contributed by atoms with E-state index in [9.17, 15) is 4.79 Å². The van der Waals surface area contributed by atoms with Gasteiger partial charge in [0.05, 0.1) is 17.1 Å². The number of nitrogens with one attached hydrogen (secondary N) is 2. The van der Waals surface area contributed by atoms with Crippen LogP contribution < -0.4 is 10.6 Å². The summed E-state index contributed by atoms with van der Waals surface area (Å²) in [6.07, 6.45) is 3.91. The highest BCUT2D eigenvalue weighted by atomic mass is 32.1. The summed E-state index contributed by atoms with van der Waals surface area (Å²) >= 11 is 1.56. The Morgan fingerprint density at radius 2 is 2.20 bits per heavy atom. The quantitative estimate of drug-likeness (QED) is 0.798. The van der Waals surface area contributed by atoms with Gasteiger partial charge in [0, 0.05) is 36.6 Å².